The molecular weight excluding hydrogens is 869 g/mol. The predicted octanol–water partition coefficient (Wildman–Crippen LogP) is 19.5. The van der Waals surface area contributed by atoms with E-state index in [9.17, 15) is 0 Å². The van der Waals surface area contributed by atoms with E-state index in [2.05, 4.69) is 289 Å². The summed E-state index contributed by atoms with van der Waals surface area (Å²) in [6, 6.07) is 103. The fraction of sp³-hybridized carbons (Fsp3) is 0. The molecule has 0 saturated heterocycles. The molecule has 0 saturated carbocycles. The van der Waals surface area contributed by atoms with Crippen molar-refractivity contribution in [1.82, 2.24) is 4.57 Å². The van der Waals surface area contributed by atoms with Crippen LogP contribution in [0.1, 0.15) is 0 Å². The van der Waals surface area contributed by atoms with Crippen molar-refractivity contribution in [1.29, 1.82) is 0 Å². The Hall–Kier alpha value is -9.50. The van der Waals surface area contributed by atoms with Gasteiger partial charge in [0, 0.05) is 33.1 Å². The van der Waals surface area contributed by atoms with Gasteiger partial charge >= 0.3 is 0 Å². The maximum atomic E-state index is 2.49. The number of hydrogen-bond donors (Lipinski definition) is 0. The Morgan fingerprint density at radius 2 is 0.778 bits per heavy atom. The molecule has 0 aliphatic rings. The lowest BCUT2D eigenvalue weighted by atomic mass is 9.94. The lowest BCUT2D eigenvalue weighted by Crippen LogP contribution is -2.11. The Kier molecular flexibility index (Phi) is 9.89. The maximum absolute atomic E-state index is 2.49. The molecule has 0 fully saturated rings. The van der Waals surface area contributed by atoms with E-state index < -0.39 is 0 Å². The summed E-state index contributed by atoms with van der Waals surface area (Å²) < 4.78 is 2.49. The number of nitrogens with zero attached hydrogens (tertiary/aromatic N) is 2. The van der Waals surface area contributed by atoms with Crippen LogP contribution in [0.5, 0.6) is 0 Å². The lowest BCUT2D eigenvalue weighted by molar-refractivity contribution is 1.18. The third-order valence-electron chi connectivity index (χ3n) is 14.7. The Morgan fingerprint density at radius 1 is 0.250 bits per heavy atom. The molecule has 14 aromatic rings. The number of para-hydroxylation sites is 1. The number of hydrogen-bond acceptors (Lipinski definition) is 1. The topological polar surface area (TPSA) is 8.17 Å². The second-order valence-electron chi connectivity index (χ2n) is 18.8. The molecule has 2 heteroatoms. The molecule has 0 spiro atoms. The molecule has 72 heavy (non-hydrogen) atoms. The third-order valence-corrected chi connectivity index (χ3v) is 14.7. The van der Waals surface area contributed by atoms with Gasteiger partial charge in [-0.1, -0.05) is 224 Å². The van der Waals surface area contributed by atoms with Crippen LogP contribution >= 0.6 is 0 Å². The first-order valence-electron chi connectivity index (χ1n) is 24.8. The second-order valence-corrected chi connectivity index (χ2v) is 18.8. The quantitative estimate of drug-likeness (QED) is 0.147. The fourth-order valence-corrected chi connectivity index (χ4v) is 11.4. The van der Waals surface area contributed by atoms with E-state index >= 15 is 0 Å². The molecule has 1 aromatic heterocycles. The first kappa shape index (κ1) is 41.5. The number of aromatic nitrogens is 1. The highest BCUT2D eigenvalue weighted by atomic mass is 15.1. The molecule has 13 aromatic carbocycles. The number of anilines is 3. The minimum absolute atomic E-state index is 1.07. The number of rotatable bonds is 8. The van der Waals surface area contributed by atoms with Crippen LogP contribution in [-0.2, 0) is 0 Å². The smallest absolute Gasteiger partial charge is 0.0547 e. The maximum Gasteiger partial charge on any atom is 0.0547 e. The standard InChI is InChI=1S/C70H46N2/c1-2-18-49(19-3-1)61-39-37-53(46-69(61)72-66-34-13-12-32-65(66)70-62-29-9-7-21-50(62)38-41-68(70)72)52-24-14-26-56(44-52)71(57-27-15-25-54(45-57)59-33-16-23-48-20-6-8-28-58(48)59)67-42-40-60(63-30-10-11-31-64(63)67)55-36-35-47-17-4-5-22-51(47)43-55/h1-46H. The van der Waals surface area contributed by atoms with Gasteiger partial charge < -0.3 is 9.47 Å². The van der Waals surface area contributed by atoms with Crippen molar-refractivity contribution in [3.05, 3.63) is 279 Å². The van der Waals surface area contributed by atoms with Gasteiger partial charge in [0.2, 0.25) is 0 Å². The van der Waals surface area contributed by atoms with E-state index in [4.69, 9.17) is 0 Å². The molecule has 0 unspecified atom stereocenters. The van der Waals surface area contributed by atoms with Crippen LogP contribution in [0.4, 0.5) is 17.1 Å². The van der Waals surface area contributed by atoms with Crippen LogP contribution in [0.15, 0.2) is 279 Å². The Morgan fingerprint density at radius 3 is 1.60 bits per heavy atom. The summed E-state index contributed by atoms with van der Waals surface area (Å²) in [5, 5.41) is 12.3. The van der Waals surface area contributed by atoms with Crippen molar-refractivity contribution >= 4 is 82.0 Å². The fourth-order valence-electron chi connectivity index (χ4n) is 11.4. The molecule has 0 atom stereocenters. The highest BCUT2D eigenvalue weighted by Gasteiger charge is 2.22. The molecule has 0 amide bonds. The molecule has 336 valence electrons. The Labute approximate surface area is 418 Å². The first-order chi connectivity index (χ1) is 35.7. The van der Waals surface area contributed by atoms with Crippen LogP contribution in [-0.4, -0.2) is 4.57 Å². The van der Waals surface area contributed by atoms with Gasteiger partial charge in [0.05, 0.1) is 22.4 Å². The normalized spacial score (nSPS) is 11.6. The zero-order chi connectivity index (χ0) is 47.5. The van der Waals surface area contributed by atoms with E-state index in [-0.39, 0.29) is 0 Å². The van der Waals surface area contributed by atoms with Crippen LogP contribution in [0.3, 0.4) is 0 Å². The highest BCUT2D eigenvalue weighted by Crippen LogP contribution is 2.46. The summed E-state index contributed by atoms with van der Waals surface area (Å²) in [7, 11) is 0. The largest absolute Gasteiger partial charge is 0.310 e. The predicted molar refractivity (Wildman–Crippen MR) is 307 cm³/mol. The van der Waals surface area contributed by atoms with Gasteiger partial charge in [0.25, 0.3) is 0 Å². The van der Waals surface area contributed by atoms with Crippen molar-refractivity contribution in [2.24, 2.45) is 0 Å². The summed E-state index contributed by atoms with van der Waals surface area (Å²) in [5.41, 5.74) is 16.2. The average Bonchev–Trinajstić information content (AvgIpc) is 3.80. The van der Waals surface area contributed by atoms with Crippen LogP contribution in [0, 0.1) is 0 Å². The van der Waals surface area contributed by atoms with E-state index in [1.54, 1.807) is 0 Å². The monoisotopic (exact) mass is 914 g/mol. The van der Waals surface area contributed by atoms with Crippen molar-refractivity contribution < 1.29 is 0 Å². The van der Waals surface area contributed by atoms with Crippen molar-refractivity contribution in [3.63, 3.8) is 0 Å². The summed E-state index contributed by atoms with van der Waals surface area (Å²) in [5.74, 6) is 0. The summed E-state index contributed by atoms with van der Waals surface area (Å²) in [6.07, 6.45) is 0. The summed E-state index contributed by atoms with van der Waals surface area (Å²) >= 11 is 0. The van der Waals surface area contributed by atoms with Crippen LogP contribution in [0.2, 0.25) is 0 Å². The SMILES string of the molecule is c1ccc(-c2ccc(-c3cccc(N(c4cccc(-c5cccc6ccccc56)c4)c4ccc(-c5ccc6ccccc6c5)c5ccccc45)c3)cc2-n2c3ccccc3c3c4ccccc4ccc32)cc1. The molecule has 0 radical (unpaired) electrons. The number of benzene rings is 13. The van der Waals surface area contributed by atoms with Gasteiger partial charge in [-0.15, -0.1) is 0 Å². The van der Waals surface area contributed by atoms with E-state index in [0.717, 1.165) is 33.9 Å². The summed E-state index contributed by atoms with van der Waals surface area (Å²) in [4.78, 5) is 2.46. The minimum Gasteiger partial charge on any atom is -0.310 e. The number of fused-ring (bicyclic) bond motifs is 8. The third kappa shape index (κ3) is 6.95. The van der Waals surface area contributed by atoms with Crippen LogP contribution < -0.4 is 4.90 Å². The summed E-state index contributed by atoms with van der Waals surface area (Å²) in [6.45, 7) is 0. The molecule has 14 rings (SSSR count). The van der Waals surface area contributed by atoms with Crippen molar-refractivity contribution in [3.8, 4) is 50.2 Å². The van der Waals surface area contributed by atoms with Gasteiger partial charge in [-0.2, -0.15) is 0 Å². The molecule has 1 heterocycles. The minimum atomic E-state index is 1.07. The van der Waals surface area contributed by atoms with Gasteiger partial charge in [-0.25, -0.2) is 0 Å². The van der Waals surface area contributed by atoms with E-state index in [1.807, 2.05) is 0 Å². The first-order valence-corrected chi connectivity index (χ1v) is 24.8. The second kappa shape index (κ2) is 17.2. The molecule has 0 aliphatic heterocycles. The average molecular weight is 915 g/mol. The molecule has 0 bridgehead atoms. The van der Waals surface area contributed by atoms with Gasteiger partial charge in [0.1, 0.15) is 0 Å². The lowest BCUT2D eigenvalue weighted by Gasteiger charge is -2.28. The Bertz CT molecular complexity index is 4400. The van der Waals surface area contributed by atoms with Crippen molar-refractivity contribution in [2.75, 3.05) is 4.90 Å². The molecule has 2 nitrogen and oxygen atoms in total. The van der Waals surface area contributed by atoms with Crippen LogP contribution in [0.25, 0.3) is 115 Å². The van der Waals surface area contributed by atoms with Crippen molar-refractivity contribution in [2.45, 2.75) is 0 Å². The zero-order valence-electron chi connectivity index (χ0n) is 39.5. The van der Waals surface area contributed by atoms with Gasteiger partial charge in [-0.3, -0.25) is 0 Å². The highest BCUT2D eigenvalue weighted by molar-refractivity contribution is 6.21. The molecule has 0 aliphatic carbocycles. The molecular formula is C70H46N2. The van der Waals surface area contributed by atoms with E-state index in [0.29, 0.717) is 0 Å². The van der Waals surface area contributed by atoms with E-state index in [1.165, 1.54) is 98.3 Å². The molecule has 0 N–H and O–H groups in total. The van der Waals surface area contributed by atoms with Gasteiger partial charge in [-0.05, 0) is 131 Å². The van der Waals surface area contributed by atoms with Gasteiger partial charge in [0.15, 0.2) is 0 Å². The Balaban J connectivity index is 0.977. The zero-order valence-corrected chi connectivity index (χ0v) is 39.5.